The summed E-state index contributed by atoms with van der Waals surface area (Å²) < 4.78 is 53.7. The summed E-state index contributed by atoms with van der Waals surface area (Å²) in [5, 5.41) is 5.31. The van der Waals surface area contributed by atoms with Gasteiger partial charge in [-0.1, -0.05) is 23.7 Å². The van der Waals surface area contributed by atoms with Crippen molar-refractivity contribution >= 4 is 52.5 Å². The molecule has 9 nitrogen and oxygen atoms in total. The number of anilines is 1. The first-order valence-electron chi connectivity index (χ1n) is 12.7. The second-order valence-corrected chi connectivity index (χ2v) is 11.2. The maximum Gasteiger partial charge on any atom is 0.422 e. The van der Waals surface area contributed by atoms with Crippen molar-refractivity contribution in [1.29, 1.82) is 0 Å². The van der Waals surface area contributed by atoms with Gasteiger partial charge >= 0.3 is 12.1 Å². The van der Waals surface area contributed by atoms with Gasteiger partial charge in [0, 0.05) is 13.0 Å². The molecule has 3 amide bonds. The Hall–Kier alpha value is -3.94. The van der Waals surface area contributed by atoms with E-state index in [2.05, 4.69) is 15.4 Å². The summed E-state index contributed by atoms with van der Waals surface area (Å²) in [5.74, 6) is -5.31. The third-order valence-electron chi connectivity index (χ3n) is 7.04. The molecule has 3 heterocycles. The molecule has 42 heavy (non-hydrogen) atoms. The number of halogens is 4. The largest absolute Gasteiger partial charge is 0.465 e. The second kappa shape index (κ2) is 11.7. The summed E-state index contributed by atoms with van der Waals surface area (Å²) in [6.07, 6.45) is -0.489. The van der Waals surface area contributed by atoms with E-state index in [9.17, 15) is 28.0 Å². The molecule has 2 N–H and O–H groups in total. The van der Waals surface area contributed by atoms with Crippen molar-refractivity contribution in [2.45, 2.75) is 30.9 Å². The third kappa shape index (κ3) is 5.46. The zero-order valence-corrected chi connectivity index (χ0v) is 23.5. The van der Waals surface area contributed by atoms with Crippen LogP contribution in [0.4, 0.5) is 23.7 Å². The SMILES string of the molecule is COC(=O)c1sc(C(=O)N[C@@H](Cc2ccc(F)cc2)C(=O)N2C(=O)O[C@]3(CCCNC3)c3c2ccc(Cl)c3F)cc1F. The number of ether oxygens (including phenoxy) is 2. The Morgan fingerprint density at radius 2 is 1.93 bits per heavy atom. The van der Waals surface area contributed by atoms with E-state index in [0.29, 0.717) is 34.8 Å². The van der Waals surface area contributed by atoms with Gasteiger partial charge < -0.3 is 20.1 Å². The number of methoxy groups -OCH3 is 1. The number of thiophene rings is 1. The fourth-order valence-electron chi connectivity index (χ4n) is 5.06. The Labute approximate surface area is 246 Å². The summed E-state index contributed by atoms with van der Waals surface area (Å²) in [6, 6.07) is 6.91. The van der Waals surface area contributed by atoms with Crippen LogP contribution in [-0.2, 0) is 26.3 Å². The maximum absolute atomic E-state index is 15.6. The van der Waals surface area contributed by atoms with Crippen LogP contribution in [0, 0.1) is 17.5 Å². The van der Waals surface area contributed by atoms with Gasteiger partial charge in [-0.05, 0) is 55.3 Å². The molecule has 220 valence electrons. The molecule has 1 spiro atoms. The molecule has 14 heteroatoms. The van der Waals surface area contributed by atoms with Gasteiger partial charge in [0.2, 0.25) is 0 Å². The van der Waals surface area contributed by atoms with Crippen molar-refractivity contribution in [3.63, 3.8) is 0 Å². The molecule has 1 saturated heterocycles. The van der Waals surface area contributed by atoms with Crippen molar-refractivity contribution in [3.8, 4) is 0 Å². The summed E-state index contributed by atoms with van der Waals surface area (Å²) in [7, 11) is 1.05. The lowest BCUT2D eigenvalue weighted by atomic mass is 9.83. The van der Waals surface area contributed by atoms with E-state index in [4.69, 9.17) is 16.3 Å². The Balaban J connectivity index is 1.53. The van der Waals surface area contributed by atoms with E-state index in [1.807, 2.05) is 0 Å². The van der Waals surface area contributed by atoms with Crippen LogP contribution in [-0.4, -0.2) is 50.1 Å². The fourth-order valence-corrected chi connectivity index (χ4v) is 6.08. The van der Waals surface area contributed by atoms with Gasteiger partial charge in [0.1, 0.15) is 22.6 Å². The lowest BCUT2D eigenvalue weighted by molar-refractivity contribution is -0.120. The highest BCUT2D eigenvalue weighted by Crippen LogP contribution is 2.46. The first-order valence-corrected chi connectivity index (χ1v) is 13.9. The molecule has 0 unspecified atom stereocenters. The highest BCUT2D eigenvalue weighted by molar-refractivity contribution is 7.15. The van der Waals surface area contributed by atoms with E-state index >= 15 is 4.39 Å². The average molecular weight is 622 g/mol. The first kappa shape index (κ1) is 29.5. The van der Waals surface area contributed by atoms with Gasteiger partial charge in [0.15, 0.2) is 11.4 Å². The molecule has 0 aliphatic carbocycles. The zero-order chi connectivity index (χ0) is 30.2. The number of amides is 3. The van der Waals surface area contributed by atoms with Gasteiger partial charge in [-0.15, -0.1) is 11.3 Å². The van der Waals surface area contributed by atoms with Crippen LogP contribution < -0.4 is 15.5 Å². The predicted molar refractivity (Wildman–Crippen MR) is 146 cm³/mol. The van der Waals surface area contributed by atoms with E-state index in [-0.39, 0.29) is 40.5 Å². The molecular weight excluding hydrogens is 599 g/mol. The van der Waals surface area contributed by atoms with Crippen LogP contribution in [0.1, 0.15) is 43.3 Å². The molecule has 1 aromatic heterocycles. The van der Waals surface area contributed by atoms with Crippen molar-refractivity contribution in [2.75, 3.05) is 25.1 Å². The monoisotopic (exact) mass is 621 g/mol. The minimum absolute atomic E-state index is 0.0787. The van der Waals surface area contributed by atoms with Gasteiger partial charge in [-0.25, -0.2) is 27.7 Å². The van der Waals surface area contributed by atoms with E-state index in [1.165, 1.54) is 24.3 Å². The molecule has 3 aromatic rings. The average Bonchev–Trinajstić information content (AvgIpc) is 3.37. The topological polar surface area (TPSA) is 114 Å². The standard InChI is InChI=1S/C28H23ClF3N3O6S/c1-40-26(38)23-17(31)12-20(42-23)24(36)34-18(11-14-3-5-15(30)6-4-14)25(37)35-19-8-7-16(29)22(32)21(19)28(41-27(35)39)9-2-10-33-13-28/h3-8,12,18,33H,2,9-11,13H2,1H3,(H,34,36)/t18-,28-/m0/s1. The molecule has 1 fully saturated rings. The van der Waals surface area contributed by atoms with Crippen molar-refractivity contribution in [1.82, 2.24) is 10.6 Å². The first-order chi connectivity index (χ1) is 20.0. The molecular formula is C28H23ClF3N3O6S. The summed E-state index contributed by atoms with van der Waals surface area (Å²) in [4.78, 5) is 52.4. The number of nitrogens with zero attached hydrogens (tertiary/aromatic N) is 1. The number of fused-ring (bicyclic) bond motifs is 2. The zero-order valence-electron chi connectivity index (χ0n) is 22.0. The number of benzene rings is 2. The molecule has 0 saturated carbocycles. The van der Waals surface area contributed by atoms with E-state index in [1.54, 1.807) is 0 Å². The fraction of sp³-hybridized carbons (Fsp3) is 0.286. The highest BCUT2D eigenvalue weighted by atomic mass is 35.5. The number of rotatable bonds is 6. The normalized spacial score (nSPS) is 18.7. The lowest BCUT2D eigenvalue weighted by Crippen LogP contribution is -2.58. The number of nitrogens with one attached hydrogen (secondary N) is 2. The van der Waals surface area contributed by atoms with E-state index < -0.39 is 57.8 Å². The smallest absolute Gasteiger partial charge is 0.422 e. The highest BCUT2D eigenvalue weighted by Gasteiger charge is 2.50. The van der Waals surface area contributed by atoms with Crippen LogP contribution in [0.3, 0.4) is 0 Å². The molecule has 5 rings (SSSR count). The van der Waals surface area contributed by atoms with Crippen LogP contribution in [0.5, 0.6) is 0 Å². The third-order valence-corrected chi connectivity index (χ3v) is 8.42. The van der Waals surface area contributed by atoms with Crippen molar-refractivity contribution < 1.29 is 41.8 Å². The quantitative estimate of drug-likeness (QED) is 0.383. The van der Waals surface area contributed by atoms with Gasteiger partial charge in [-0.3, -0.25) is 9.59 Å². The molecule has 0 bridgehead atoms. The molecule has 2 aliphatic rings. The number of esters is 1. The summed E-state index contributed by atoms with van der Waals surface area (Å²) in [5.41, 5.74) is -1.19. The molecule has 2 aliphatic heterocycles. The Morgan fingerprint density at radius 3 is 2.60 bits per heavy atom. The van der Waals surface area contributed by atoms with Crippen LogP contribution in [0.15, 0.2) is 42.5 Å². The van der Waals surface area contributed by atoms with Crippen LogP contribution in [0.2, 0.25) is 5.02 Å². The number of hydrogen-bond acceptors (Lipinski definition) is 8. The van der Waals surface area contributed by atoms with E-state index in [0.717, 1.165) is 25.3 Å². The molecule has 0 radical (unpaired) electrons. The minimum atomic E-state index is -1.49. The van der Waals surface area contributed by atoms with Gasteiger partial charge in [0.05, 0.1) is 28.3 Å². The van der Waals surface area contributed by atoms with Crippen LogP contribution in [0.25, 0.3) is 0 Å². The number of hydrogen-bond donors (Lipinski definition) is 2. The lowest BCUT2D eigenvalue weighted by Gasteiger charge is -2.44. The Kier molecular flexibility index (Phi) is 8.26. The van der Waals surface area contributed by atoms with Gasteiger partial charge in [0.25, 0.3) is 11.8 Å². The maximum atomic E-state index is 15.6. The Bertz CT molecular complexity index is 1580. The number of carbonyl (C=O) groups is 4. The number of piperidine rings is 1. The van der Waals surface area contributed by atoms with Crippen LogP contribution >= 0.6 is 22.9 Å². The van der Waals surface area contributed by atoms with Crippen molar-refractivity contribution in [3.05, 3.63) is 85.8 Å². The summed E-state index contributed by atoms with van der Waals surface area (Å²) >= 11 is 6.60. The minimum Gasteiger partial charge on any atom is -0.465 e. The van der Waals surface area contributed by atoms with Gasteiger partial charge in [-0.2, -0.15) is 0 Å². The summed E-state index contributed by atoms with van der Waals surface area (Å²) in [6.45, 7) is 0.708. The predicted octanol–water partition coefficient (Wildman–Crippen LogP) is 4.71. The number of carbonyl (C=O) groups excluding carboxylic acids is 4. The Morgan fingerprint density at radius 1 is 1.19 bits per heavy atom. The number of imide groups is 1. The molecule has 2 atom stereocenters. The van der Waals surface area contributed by atoms with Crippen molar-refractivity contribution in [2.24, 2.45) is 0 Å². The second-order valence-electron chi connectivity index (χ2n) is 9.71. The molecule has 2 aromatic carbocycles.